The second kappa shape index (κ2) is 2.66. The molecule has 0 spiro atoms. The lowest BCUT2D eigenvalue weighted by molar-refractivity contribution is 1.22. The molecule has 1 aromatic heterocycles. The molecule has 0 atom stereocenters. The Kier molecular flexibility index (Phi) is 1.66. The van der Waals surface area contributed by atoms with Gasteiger partial charge in [0, 0.05) is 24.0 Å². The van der Waals surface area contributed by atoms with Crippen molar-refractivity contribution in [3.63, 3.8) is 0 Å². The first-order valence-corrected chi connectivity index (χ1v) is 4.21. The van der Waals surface area contributed by atoms with Gasteiger partial charge in [-0.3, -0.25) is 0 Å². The van der Waals surface area contributed by atoms with Gasteiger partial charge in [-0.25, -0.2) is 4.98 Å². The van der Waals surface area contributed by atoms with Gasteiger partial charge in [-0.2, -0.15) is 0 Å². The van der Waals surface area contributed by atoms with Gasteiger partial charge < -0.3 is 5.32 Å². The van der Waals surface area contributed by atoms with E-state index < -0.39 is 0 Å². The van der Waals surface area contributed by atoms with Crippen LogP contribution >= 0.6 is 15.9 Å². The quantitative estimate of drug-likeness (QED) is 0.666. The molecule has 0 fully saturated rings. The summed E-state index contributed by atoms with van der Waals surface area (Å²) < 4.78 is 0.874. The predicted molar refractivity (Wildman–Crippen MR) is 49.5 cm³/mol. The van der Waals surface area contributed by atoms with Gasteiger partial charge in [-0.15, -0.1) is 0 Å². The molecule has 3 heteroatoms. The van der Waals surface area contributed by atoms with Gasteiger partial charge in [0.05, 0.1) is 0 Å². The number of halogens is 1. The summed E-state index contributed by atoms with van der Waals surface area (Å²) in [5, 5.41) is 3.25. The number of pyridine rings is 1. The van der Waals surface area contributed by atoms with E-state index in [1.54, 1.807) is 0 Å². The normalized spacial score (nSPS) is 13.9. The van der Waals surface area contributed by atoms with E-state index in [-0.39, 0.29) is 0 Å². The molecule has 1 N–H and O–H groups in total. The van der Waals surface area contributed by atoms with E-state index in [1.807, 2.05) is 12.3 Å². The molecular weight excluding hydrogens is 204 g/mol. The zero-order chi connectivity index (χ0) is 7.68. The van der Waals surface area contributed by atoms with E-state index in [0.717, 1.165) is 22.4 Å². The van der Waals surface area contributed by atoms with Crippen molar-refractivity contribution < 1.29 is 0 Å². The minimum atomic E-state index is 0.874. The molecule has 0 bridgehead atoms. The summed E-state index contributed by atoms with van der Waals surface area (Å²) >= 11 is 3.32. The van der Waals surface area contributed by atoms with Crippen LogP contribution in [0.4, 0.5) is 5.69 Å². The SMILES string of the molecule is Brc1cc2c(cn1)C=CCN2. The maximum absolute atomic E-state index is 4.12. The second-order valence-corrected chi connectivity index (χ2v) is 3.19. The van der Waals surface area contributed by atoms with Crippen LogP contribution in [-0.2, 0) is 0 Å². The van der Waals surface area contributed by atoms with E-state index in [2.05, 4.69) is 38.4 Å². The Morgan fingerprint density at radius 1 is 1.55 bits per heavy atom. The number of hydrogen-bond acceptors (Lipinski definition) is 2. The highest BCUT2D eigenvalue weighted by molar-refractivity contribution is 9.10. The third kappa shape index (κ3) is 1.28. The standard InChI is InChI=1S/C8H7BrN2/c9-8-4-7-6(5-11-8)2-1-3-10-7/h1-2,4-5,10H,3H2. The molecule has 0 radical (unpaired) electrons. The van der Waals surface area contributed by atoms with Crippen molar-refractivity contribution in [2.24, 2.45) is 0 Å². The fourth-order valence-electron chi connectivity index (χ4n) is 1.08. The van der Waals surface area contributed by atoms with E-state index in [4.69, 9.17) is 0 Å². The number of hydrogen-bond donors (Lipinski definition) is 1. The molecule has 56 valence electrons. The zero-order valence-electron chi connectivity index (χ0n) is 5.84. The van der Waals surface area contributed by atoms with Crippen molar-refractivity contribution in [1.29, 1.82) is 0 Å². The van der Waals surface area contributed by atoms with Crippen LogP contribution in [0.5, 0.6) is 0 Å². The Bertz CT molecular complexity index is 307. The molecule has 11 heavy (non-hydrogen) atoms. The van der Waals surface area contributed by atoms with Gasteiger partial charge in [0.1, 0.15) is 4.60 Å². The molecule has 0 amide bonds. The Morgan fingerprint density at radius 2 is 2.45 bits per heavy atom. The number of nitrogens with zero attached hydrogens (tertiary/aromatic N) is 1. The average molecular weight is 211 g/mol. The van der Waals surface area contributed by atoms with Gasteiger partial charge in [-0.05, 0) is 22.0 Å². The number of aromatic nitrogens is 1. The minimum absolute atomic E-state index is 0.874. The smallest absolute Gasteiger partial charge is 0.108 e. The van der Waals surface area contributed by atoms with Gasteiger partial charge in [0.2, 0.25) is 0 Å². The highest BCUT2D eigenvalue weighted by Gasteiger charge is 2.02. The van der Waals surface area contributed by atoms with Crippen LogP contribution in [0, 0.1) is 0 Å². The lowest BCUT2D eigenvalue weighted by Crippen LogP contribution is -2.04. The largest absolute Gasteiger partial charge is 0.381 e. The summed E-state index contributed by atoms with van der Waals surface area (Å²) in [6.07, 6.45) is 6.01. The van der Waals surface area contributed by atoms with Crippen LogP contribution in [0.3, 0.4) is 0 Å². The fraction of sp³-hybridized carbons (Fsp3) is 0.125. The van der Waals surface area contributed by atoms with Gasteiger partial charge >= 0.3 is 0 Å². The van der Waals surface area contributed by atoms with Crippen LogP contribution in [0.15, 0.2) is 22.9 Å². The fourth-order valence-corrected chi connectivity index (χ4v) is 1.41. The lowest BCUT2D eigenvalue weighted by atomic mass is 10.2. The third-order valence-electron chi connectivity index (χ3n) is 1.61. The van der Waals surface area contributed by atoms with Crippen LogP contribution in [-0.4, -0.2) is 11.5 Å². The van der Waals surface area contributed by atoms with Crippen LogP contribution in [0.2, 0.25) is 0 Å². The molecule has 2 rings (SSSR count). The molecule has 0 unspecified atom stereocenters. The molecule has 0 saturated carbocycles. The van der Waals surface area contributed by atoms with Crippen LogP contribution in [0.25, 0.3) is 6.08 Å². The highest BCUT2D eigenvalue weighted by atomic mass is 79.9. The minimum Gasteiger partial charge on any atom is -0.381 e. The predicted octanol–water partition coefficient (Wildman–Crippen LogP) is 2.28. The third-order valence-corrected chi connectivity index (χ3v) is 2.04. The summed E-state index contributed by atoms with van der Waals surface area (Å²) in [7, 11) is 0. The second-order valence-electron chi connectivity index (χ2n) is 2.38. The first-order valence-electron chi connectivity index (χ1n) is 3.42. The van der Waals surface area contributed by atoms with Crippen molar-refractivity contribution >= 4 is 27.7 Å². The Morgan fingerprint density at radius 3 is 3.36 bits per heavy atom. The molecule has 2 heterocycles. The molecule has 1 aliphatic heterocycles. The average Bonchev–Trinajstić information content (AvgIpc) is 2.04. The number of rotatable bonds is 0. The molecule has 1 aliphatic rings. The van der Waals surface area contributed by atoms with Crippen LogP contribution < -0.4 is 5.32 Å². The van der Waals surface area contributed by atoms with Crippen molar-refractivity contribution in [2.45, 2.75) is 0 Å². The number of fused-ring (bicyclic) bond motifs is 1. The van der Waals surface area contributed by atoms with Gasteiger partial charge in [0.25, 0.3) is 0 Å². The highest BCUT2D eigenvalue weighted by Crippen LogP contribution is 2.22. The van der Waals surface area contributed by atoms with Crippen molar-refractivity contribution in [3.05, 3.63) is 28.5 Å². The van der Waals surface area contributed by atoms with E-state index >= 15 is 0 Å². The molecule has 1 aromatic rings. The summed E-state index contributed by atoms with van der Waals surface area (Å²) in [6, 6.07) is 1.98. The summed E-state index contributed by atoms with van der Waals surface area (Å²) in [4.78, 5) is 4.12. The van der Waals surface area contributed by atoms with Crippen molar-refractivity contribution in [3.8, 4) is 0 Å². The summed E-state index contributed by atoms with van der Waals surface area (Å²) in [5.74, 6) is 0. The maximum atomic E-state index is 4.12. The summed E-state index contributed by atoms with van der Waals surface area (Å²) in [5.41, 5.74) is 2.30. The van der Waals surface area contributed by atoms with Crippen LogP contribution in [0.1, 0.15) is 5.56 Å². The van der Waals surface area contributed by atoms with E-state index in [0.29, 0.717) is 0 Å². The van der Waals surface area contributed by atoms with Gasteiger partial charge in [0.15, 0.2) is 0 Å². The monoisotopic (exact) mass is 210 g/mol. The first-order chi connectivity index (χ1) is 5.36. The molecule has 0 aromatic carbocycles. The van der Waals surface area contributed by atoms with Crippen molar-refractivity contribution in [2.75, 3.05) is 11.9 Å². The molecule has 2 nitrogen and oxygen atoms in total. The Balaban J connectivity index is 2.53. The first kappa shape index (κ1) is 6.85. The number of nitrogens with one attached hydrogen (secondary N) is 1. The van der Waals surface area contributed by atoms with Crippen molar-refractivity contribution in [1.82, 2.24) is 4.98 Å². The van der Waals surface area contributed by atoms with Gasteiger partial charge in [-0.1, -0.05) is 12.2 Å². The maximum Gasteiger partial charge on any atom is 0.108 e. The zero-order valence-corrected chi connectivity index (χ0v) is 7.43. The lowest BCUT2D eigenvalue weighted by Gasteiger charge is -2.11. The van der Waals surface area contributed by atoms with E-state index in [9.17, 15) is 0 Å². The molecule has 0 aliphatic carbocycles. The summed E-state index contributed by atoms with van der Waals surface area (Å²) in [6.45, 7) is 0.906. The number of anilines is 1. The van der Waals surface area contributed by atoms with E-state index in [1.165, 1.54) is 0 Å². The molecular formula is C8H7BrN2. The Labute approximate surface area is 73.5 Å². The molecule has 0 saturated heterocycles. The topological polar surface area (TPSA) is 24.9 Å². The Hall–Kier alpha value is -0.830.